The summed E-state index contributed by atoms with van der Waals surface area (Å²) in [5.74, 6) is 1.33. The molecule has 0 aromatic heterocycles. The fourth-order valence-electron chi connectivity index (χ4n) is 3.53. The van der Waals surface area contributed by atoms with Gasteiger partial charge in [0.25, 0.3) is 5.91 Å². The zero-order valence-corrected chi connectivity index (χ0v) is 18.4. The Balaban J connectivity index is 2.01. The number of amides is 2. The predicted octanol–water partition coefficient (Wildman–Crippen LogP) is 2.50. The van der Waals surface area contributed by atoms with Crippen LogP contribution in [0.2, 0.25) is 0 Å². The lowest BCUT2D eigenvalue weighted by molar-refractivity contribution is -0.132. The van der Waals surface area contributed by atoms with Gasteiger partial charge in [-0.1, -0.05) is 0 Å². The Bertz CT molecular complexity index is 689. The molecular weight excluding hydrogens is 370 g/mol. The maximum atomic E-state index is 13.0. The molecule has 2 amide bonds. The van der Waals surface area contributed by atoms with Crippen LogP contribution in [-0.2, 0) is 4.79 Å². The number of carbonyl (C=O) groups excluding carboxylic acids is 2. The topological polar surface area (TPSA) is 62.3 Å². The molecule has 1 aromatic carbocycles. The van der Waals surface area contributed by atoms with E-state index in [1.54, 1.807) is 25.3 Å². The number of methoxy groups -OCH3 is 1. The second-order valence-electron chi connectivity index (χ2n) is 7.52. The van der Waals surface area contributed by atoms with Gasteiger partial charge in [-0.15, -0.1) is 0 Å². The highest BCUT2D eigenvalue weighted by atomic mass is 16.5. The first kappa shape index (κ1) is 23.0. The Kier molecular flexibility index (Phi) is 8.76. The summed E-state index contributed by atoms with van der Waals surface area (Å²) in [5.41, 5.74) is 0.589. The second kappa shape index (κ2) is 11.0. The summed E-state index contributed by atoms with van der Waals surface area (Å²) in [7, 11) is 1.58. The zero-order valence-electron chi connectivity index (χ0n) is 18.4. The Labute approximate surface area is 174 Å². The molecule has 1 saturated heterocycles. The number of carbonyl (C=O) groups is 2. The molecule has 29 heavy (non-hydrogen) atoms. The van der Waals surface area contributed by atoms with Crippen LogP contribution in [0.4, 0.5) is 0 Å². The molecule has 0 saturated carbocycles. The van der Waals surface area contributed by atoms with Gasteiger partial charge in [0.05, 0.1) is 19.8 Å². The van der Waals surface area contributed by atoms with E-state index in [4.69, 9.17) is 9.47 Å². The number of hydrogen-bond donors (Lipinski definition) is 0. The fourth-order valence-corrected chi connectivity index (χ4v) is 3.53. The van der Waals surface area contributed by atoms with Crippen LogP contribution in [0.25, 0.3) is 0 Å². The van der Waals surface area contributed by atoms with Gasteiger partial charge in [-0.05, 0) is 52.3 Å². The minimum atomic E-state index is -0.0173. The Morgan fingerprint density at radius 1 is 1.07 bits per heavy atom. The van der Waals surface area contributed by atoms with Crippen LogP contribution in [0.3, 0.4) is 0 Å². The summed E-state index contributed by atoms with van der Waals surface area (Å²) >= 11 is 0. The number of hydrogen-bond acceptors (Lipinski definition) is 5. The molecule has 1 aliphatic heterocycles. The number of ether oxygens (including phenoxy) is 2. The Hall–Kier alpha value is -2.28. The third-order valence-electron chi connectivity index (χ3n) is 5.12. The van der Waals surface area contributed by atoms with Gasteiger partial charge in [-0.25, -0.2) is 0 Å². The van der Waals surface area contributed by atoms with Gasteiger partial charge < -0.3 is 19.3 Å². The van der Waals surface area contributed by atoms with Crippen LogP contribution in [0.5, 0.6) is 11.5 Å². The van der Waals surface area contributed by atoms with E-state index in [0.29, 0.717) is 43.2 Å². The number of likely N-dealkylation sites (N-methyl/N-ethyl adjacent to an activating group) is 1. The van der Waals surface area contributed by atoms with E-state index < -0.39 is 0 Å². The molecule has 0 N–H and O–H groups in total. The minimum Gasteiger partial charge on any atom is -0.493 e. The second-order valence-corrected chi connectivity index (χ2v) is 7.52. The molecule has 0 atom stereocenters. The van der Waals surface area contributed by atoms with E-state index >= 15 is 0 Å². The predicted molar refractivity (Wildman–Crippen MR) is 114 cm³/mol. The summed E-state index contributed by atoms with van der Waals surface area (Å²) < 4.78 is 11.1. The van der Waals surface area contributed by atoms with Crippen molar-refractivity contribution in [2.75, 3.05) is 52.9 Å². The van der Waals surface area contributed by atoms with Crippen molar-refractivity contribution in [3.8, 4) is 11.5 Å². The smallest absolute Gasteiger partial charge is 0.254 e. The molecule has 7 heteroatoms. The van der Waals surface area contributed by atoms with E-state index in [1.165, 1.54) is 0 Å². The fraction of sp³-hybridized carbons (Fsp3) is 0.636. The lowest BCUT2D eigenvalue weighted by Crippen LogP contribution is -2.42. The normalized spacial score (nSPS) is 15.2. The first-order chi connectivity index (χ1) is 13.9. The summed E-state index contributed by atoms with van der Waals surface area (Å²) in [6, 6.07) is 5.32. The van der Waals surface area contributed by atoms with Gasteiger partial charge in [-0.3, -0.25) is 14.5 Å². The van der Waals surface area contributed by atoms with Gasteiger partial charge >= 0.3 is 0 Å². The molecular formula is C22H35N3O4. The third kappa shape index (κ3) is 6.35. The maximum Gasteiger partial charge on any atom is 0.254 e. The van der Waals surface area contributed by atoms with Gasteiger partial charge in [0.15, 0.2) is 11.5 Å². The van der Waals surface area contributed by atoms with Crippen molar-refractivity contribution in [1.82, 2.24) is 14.7 Å². The van der Waals surface area contributed by atoms with Crippen LogP contribution in [0.15, 0.2) is 18.2 Å². The van der Waals surface area contributed by atoms with Crippen molar-refractivity contribution >= 4 is 11.8 Å². The SMILES string of the molecule is CCN(CC)C(=O)CN1CCCN(C(=O)c2ccc(OC(C)C)c(OC)c2)CC1. The molecule has 0 bridgehead atoms. The van der Waals surface area contributed by atoms with E-state index in [1.807, 2.05) is 37.5 Å². The lowest BCUT2D eigenvalue weighted by Gasteiger charge is -2.25. The first-order valence-corrected chi connectivity index (χ1v) is 10.5. The average Bonchev–Trinajstić information content (AvgIpc) is 2.93. The average molecular weight is 406 g/mol. The first-order valence-electron chi connectivity index (χ1n) is 10.5. The molecule has 1 fully saturated rings. The molecule has 1 aromatic rings. The molecule has 162 valence electrons. The van der Waals surface area contributed by atoms with E-state index in [9.17, 15) is 9.59 Å². The summed E-state index contributed by atoms with van der Waals surface area (Å²) in [4.78, 5) is 31.3. The molecule has 7 nitrogen and oxygen atoms in total. The lowest BCUT2D eigenvalue weighted by atomic mass is 10.1. The molecule has 0 spiro atoms. The Morgan fingerprint density at radius 2 is 1.79 bits per heavy atom. The monoisotopic (exact) mass is 405 g/mol. The molecule has 1 heterocycles. The maximum absolute atomic E-state index is 13.0. The summed E-state index contributed by atoms with van der Waals surface area (Å²) in [5, 5.41) is 0. The highest BCUT2D eigenvalue weighted by Crippen LogP contribution is 2.29. The minimum absolute atomic E-state index is 0.0173. The summed E-state index contributed by atoms with van der Waals surface area (Å²) in [6.45, 7) is 12.6. The molecule has 2 rings (SSSR count). The summed E-state index contributed by atoms with van der Waals surface area (Å²) in [6.07, 6.45) is 0.879. The van der Waals surface area contributed by atoms with E-state index in [0.717, 1.165) is 26.1 Å². The largest absolute Gasteiger partial charge is 0.493 e. The van der Waals surface area contributed by atoms with Crippen molar-refractivity contribution in [2.24, 2.45) is 0 Å². The van der Waals surface area contributed by atoms with Crippen LogP contribution in [-0.4, -0.2) is 85.5 Å². The van der Waals surface area contributed by atoms with Crippen molar-refractivity contribution in [2.45, 2.75) is 40.2 Å². The van der Waals surface area contributed by atoms with Crippen molar-refractivity contribution in [3.05, 3.63) is 23.8 Å². The van der Waals surface area contributed by atoms with E-state index in [2.05, 4.69) is 4.90 Å². The molecule has 0 aliphatic carbocycles. The van der Waals surface area contributed by atoms with Crippen LogP contribution in [0, 0.1) is 0 Å². The standard InChI is InChI=1S/C22H35N3O4/c1-6-24(7-2)21(26)16-23-11-8-12-25(14-13-23)22(27)18-9-10-19(29-17(3)4)20(15-18)28-5/h9-10,15,17H,6-8,11-14,16H2,1-5H3. The number of benzene rings is 1. The quantitative estimate of drug-likeness (QED) is 0.665. The zero-order chi connectivity index (χ0) is 21.4. The van der Waals surface area contributed by atoms with E-state index in [-0.39, 0.29) is 17.9 Å². The molecule has 0 radical (unpaired) electrons. The van der Waals surface area contributed by atoms with Crippen molar-refractivity contribution in [3.63, 3.8) is 0 Å². The van der Waals surface area contributed by atoms with Crippen LogP contribution in [0.1, 0.15) is 44.5 Å². The highest BCUT2D eigenvalue weighted by molar-refractivity contribution is 5.95. The van der Waals surface area contributed by atoms with Crippen LogP contribution < -0.4 is 9.47 Å². The van der Waals surface area contributed by atoms with Gasteiger partial charge in [0.1, 0.15) is 0 Å². The van der Waals surface area contributed by atoms with Gasteiger partial charge in [-0.2, -0.15) is 0 Å². The van der Waals surface area contributed by atoms with Gasteiger partial charge in [0.2, 0.25) is 5.91 Å². The Morgan fingerprint density at radius 3 is 2.41 bits per heavy atom. The third-order valence-corrected chi connectivity index (χ3v) is 5.12. The van der Waals surface area contributed by atoms with Gasteiger partial charge in [0, 0.05) is 44.8 Å². The highest BCUT2D eigenvalue weighted by Gasteiger charge is 2.23. The van der Waals surface area contributed by atoms with Crippen molar-refractivity contribution < 1.29 is 19.1 Å². The molecule has 1 aliphatic rings. The molecule has 0 unspecified atom stereocenters. The van der Waals surface area contributed by atoms with Crippen molar-refractivity contribution in [1.29, 1.82) is 0 Å². The number of rotatable bonds is 8. The number of nitrogens with zero attached hydrogens (tertiary/aromatic N) is 3. The van der Waals surface area contributed by atoms with Crippen LogP contribution >= 0.6 is 0 Å².